The zero-order valence-corrected chi connectivity index (χ0v) is 18.3. The number of piperidine rings is 1. The van der Waals surface area contributed by atoms with Crippen molar-refractivity contribution in [3.05, 3.63) is 59.0 Å². The minimum Gasteiger partial charge on any atom is -0.459 e. The molecule has 4 rings (SSSR count). The summed E-state index contributed by atoms with van der Waals surface area (Å²) in [6.07, 6.45) is 5.03. The van der Waals surface area contributed by atoms with Gasteiger partial charge in [0.15, 0.2) is 5.76 Å². The Kier molecular flexibility index (Phi) is 5.72. The Hall–Kier alpha value is -2.56. The molecule has 2 heterocycles. The standard InChI is InChI=1S/C25H32N2O3/c1-4-26(5-2)22(28)16-19-17-25(21-9-7-6-8-20(19)21)11-13-27(14-12-25)24(29)23-18(3)10-15-30-23/h6-10,15,19H,4-5,11-14,16-17H2,1-3H3. The van der Waals surface area contributed by atoms with E-state index in [9.17, 15) is 9.59 Å². The molecule has 30 heavy (non-hydrogen) atoms. The monoisotopic (exact) mass is 408 g/mol. The van der Waals surface area contributed by atoms with Gasteiger partial charge >= 0.3 is 0 Å². The van der Waals surface area contributed by atoms with Crippen LogP contribution in [0.15, 0.2) is 41.0 Å². The van der Waals surface area contributed by atoms with Gasteiger partial charge in [0, 0.05) is 38.2 Å². The van der Waals surface area contributed by atoms with Gasteiger partial charge in [0.05, 0.1) is 6.26 Å². The third-order valence-electron chi connectivity index (χ3n) is 7.21. The zero-order valence-electron chi connectivity index (χ0n) is 18.3. The maximum absolute atomic E-state index is 12.9. The topological polar surface area (TPSA) is 53.8 Å². The Morgan fingerprint density at radius 2 is 1.83 bits per heavy atom. The number of carbonyl (C=O) groups is 2. The number of nitrogens with zero attached hydrogens (tertiary/aromatic N) is 2. The first-order valence-corrected chi connectivity index (χ1v) is 11.2. The van der Waals surface area contributed by atoms with Crippen molar-refractivity contribution in [2.24, 2.45) is 0 Å². The number of fused-ring (bicyclic) bond motifs is 2. The smallest absolute Gasteiger partial charge is 0.289 e. The Balaban J connectivity index is 1.51. The number of furan rings is 1. The molecule has 1 aromatic heterocycles. The fourth-order valence-electron chi connectivity index (χ4n) is 5.47. The molecule has 5 heteroatoms. The lowest BCUT2D eigenvalue weighted by atomic mass is 9.73. The summed E-state index contributed by atoms with van der Waals surface area (Å²) >= 11 is 0. The van der Waals surface area contributed by atoms with Crippen molar-refractivity contribution in [1.82, 2.24) is 9.80 Å². The van der Waals surface area contributed by atoms with Gasteiger partial charge in [-0.15, -0.1) is 0 Å². The van der Waals surface area contributed by atoms with Crippen molar-refractivity contribution in [2.75, 3.05) is 26.2 Å². The second-order valence-electron chi connectivity index (χ2n) is 8.76. The summed E-state index contributed by atoms with van der Waals surface area (Å²) in [5.74, 6) is 0.967. The average Bonchev–Trinajstić information content (AvgIpc) is 3.31. The Bertz CT molecular complexity index is 920. The quantitative estimate of drug-likeness (QED) is 0.732. The van der Waals surface area contributed by atoms with E-state index in [1.54, 1.807) is 6.26 Å². The van der Waals surface area contributed by atoms with Gasteiger partial charge in [0.1, 0.15) is 0 Å². The van der Waals surface area contributed by atoms with E-state index in [2.05, 4.69) is 24.3 Å². The maximum atomic E-state index is 12.9. The second kappa shape index (κ2) is 8.29. The molecule has 1 unspecified atom stereocenters. The van der Waals surface area contributed by atoms with Crippen LogP contribution in [0.1, 0.15) is 72.7 Å². The van der Waals surface area contributed by atoms with Gasteiger partial charge in [-0.2, -0.15) is 0 Å². The number of aryl methyl sites for hydroxylation is 1. The first-order chi connectivity index (χ1) is 14.5. The number of rotatable bonds is 5. The second-order valence-corrected chi connectivity index (χ2v) is 8.76. The third-order valence-corrected chi connectivity index (χ3v) is 7.21. The molecule has 1 spiro atoms. The highest BCUT2D eigenvalue weighted by molar-refractivity contribution is 5.93. The molecule has 1 fully saturated rings. The predicted octanol–water partition coefficient (Wildman–Crippen LogP) is 4.51. The summed E-state index contributed by atoms with van der Waals surface area (Å²) in [5.41, 5.74) is 3.68. The maximum Gasteiger partial charge on any atom is 0.289 e. The molecule has 5 nitrogen and oxygen atoms in total. The highest BCUT2D eigenvalue weighted by Crippen LogP contribution is 2.52. The molecule has 0 saturated carbocycles. The molecule has 0 bridgehead atoms. The van der Waals surface area contributed by atoms with Crippen molar-refractivity contribution in [3.8, 4) is 0 Å². The Morgan fingerprint density at radius 1 is 1.13 bits per heavy atom. The van der Waals surface area contributed by atoms with Gasteiger partial charge in [-0.1, -0.05) is 24.3 Å². The first kappa shape index (κ1) is 20.7. The lowest BCUT2D eigenvalue weighted by molar-refractivity contribution is -0.131. The fourth-order valence-corrected chi connectivity index (χ4v) is 5.47. The van der Waals surface area contributed by atoms with Gasteiger partial charge in [-0.05, 0) is 68.6 Å². The van der Waals surface area contributed by atoms with Crippen LogP contribution in [0.4, 0.5) is 0 Å². The minimum atomic E-state index is -0.00751. The van der Waals surface area contributed by atoms with E-state index in [0.29, 0.717) is 12.2 Å². The summed E-state index contributed by atoms with van der Waals surface area (Å²) < 4.78 is 5.42. The van der Waals surface area contributed by atoms with Crippen LogP contribution in [0.5, 0.6) is 0 Å². The fraction of sp³-hybridized carbons (Fsp3) is 0.520. The minimum absolute atomic E-state index is 0.00751. The molecule has 1 saturated heterocycles. The summed E-state index contributed by atoms with van der Waals surface area (Å²) in [7, 11) is 0. The van der Waals surface area contributed by atoms with Gasteiger partial charge in [0.25, 0.3) is 5.91 Å². The summed E-state index contributed by atoms with van der Waals surface area (Å²) in [4.78, 5) is 29.5. The highest BCUT2D eigenvalue weighted by atomic mass is 16.3. The number of hydrogen-bond donors (Lipinski definition) is 0. The van der Waals surface area contributed by atoms with Crippen molar-refractivity contribution in [3.63, 3.8) is 0 Å². The van der Waals surface area contributed by atoms with Gasteiger partial charge in [0.2, 0.25) is 5.91 Å². The molecule has 2 aliphatic rings. The summed E-state index contributed by atoms with van der Waals surface area (Å²) in [6, 6.07) is 10.5. The number of likely N-dealkylation sites (tertiary alicyclic amines) is 1. The first-order valence-electron chi connectivity index (χ1n) is 11.2. The van der Waals surface area contributed by atoms with Gasteiger partial charge in [-0.25, -0.2) is 0 Å². The number of benzene rings is 1. The summed E-state index contributed by atoms with van der Waals surface area (Å²) in [5, 5.41) is 0. The van der Waals surface area contributed by atoms with Crippen LogP contribution in [0.25, 0.3) is 0 Å². The highest BCUT2D eigenvalue weighted by Gasteiger charge is 2.46. The third kappa shape index (κ3) is 3.55. The average molecular weight is 409 g/mol. The molecule has 1 aromatic carbocycles. The number of carbonyl (C=O) groups excluding carboxylic acids is 2. The van der Waals surface area contributed by atoms with Crippen LogP contribution < -0.4 is 0 Å². The van der Waals surface area contributed by atoms with E-state index in [4.69, 9.17) is 4.42 Å². The number of hydrogen-bond acceptors (Lipinski definition) is 3. The SMILES string of the molecule is CCN(CC)C(=O)CC1CC2(CCN(C(=O)c3occc3C)CC2)c2ccccc21. The van der Waals surface area contributed by atoms with E-state index in [1.165, 1.54) is 11.1 Å². The molecule has 2 amide bonds. The molecule has 0 radical (unpaired) electrons. The molecule has 0 N–H and O–H groups in total. The number of amides is 2. The van der Waals surface area contributed by atoms with E-state index in [-0.39, 0.29) is 23.1 Å². The zero-order chi connectivity index (χ0) is 21.3. The summed E-state index contributed by atoms with van der Waals surface area (Å²) in [6.45, 7) is 8.97. The van der Waals surface area contributed by atoms with E-state index < -0.39 is 0 Å². The molecule has 2 aromatic rings. The lowest BCUT2D eigenvalue weighted by Crippen LogP contribution is -2.44. The van der Waals surface area contributed by atoms with Gasteiger partial charge in [-0.3, -0.25) is 9.59 Å². The van der Waals surface area contributed by atoms with Gasteiger partial charge < -0.3 is 14.2 Å². The normalized spacial score (nSPS) is 19.7. The largest absolute Gasteiger partial charge is 0.459 e. The molecule has 1 aliphatic heterocycles. The van der Waals surface area contributed by atoms with Crippen LogP contribution in [0.2, 0.25) is 0 Å². The van der Waals surface area contributed by atoms with E-state index >= 15 is 0 Å². The Morgan fingerprint density at radius 3 is 2.47 bits per heavy atom. The predicted molar refractivity (Wildman–Crippen MR) is 117 cm³/mol. The molecular formula is C25H32N2O3. The molecule has 160 valence electrons. The van der Waals surface area contributed by atoms with Crippen molar-refractivity contribution >= 4 is 11.8 Å². The van der Waals surface area contributed by atoms with Crippen LogP contribution in [-0.2, 0) is 10.2 Å². The van der Waals surface area contributed by atoms with Crippen LogP contribution in [0, 0.1) is 6.92 Å². The Labute approximate surface area is 179 Å². The van der Waals surface area contributed by atoms with E-state index in [1.807, 2.05) is 36.6 Å². The van der Waals surface area contributed by atoms with Crippen molar-refractivity contribution in [1.29, 1.82) is 0 Å². The molecule has 1 atom stereocenters. The van der Waals surface area contributed by atoms with Crippen LogP contribution in [-0.4, -0.2) is 47.8 Å². The van der Waals surface area contributed by atoms with Crippen molar-refractivity contribution in [2.45, 2.75) is 57.8 Å². The molecule has 1 aliphatic carbocycles. The van der Waals surface area contributed by atoms with Crippen molar-refractivity contribution < 1.29 is 14.0 Å². The van der Waals surface area contributed by atoms with Crippen LogP contribution >= 0.6 is 0 Å². The molecular weight excluding hydrogens is 376 g/mol. The van der Waals surface area contributed by atoms with E-state index in [0.717, 1.165) is 51.0 Å². The van der Waals surface area contributed by atoms with Crippen LogP contribution in [0.3, 0.4) is 0 Å². The lowest BCUT2D eigenvalue weighted by Gasteiger charge is -2.40.